The molecule has 0 spiro atoms. The smallest absolute Gasteiger partial charge is 0.337 e. The Hall–Kier alpha value is -1.44. The molecule has 0 radical (unpaired) electrons. The lowest BCUT2D eigenvalue weighted by molar-refractivity contribution is 0.0600. The summed E-state index contributed by atoms with van der Waals surface area (Å²) in [5.41, 5.74) is 0.780. The van der Waals surface area contributed by atoms with Crippen molar-refractivity contribution in [1.29, 1.82) is 0 Å². The largest absolute Gasteiger partial charge is 0.465 e. The Balaban J connectivity index is 2.84. The van der Waals surface area contributed by atoms with E-state index in [1.165, 1.54) is 13.2 Å². The molecule has 0 saturated heterocycles. The summed E-state index contributed by atoms with van der Waals surface area (Å²) in [5.74, 6) is -0.770. The van der Waals surface area contributed by atoms with E-state index in [9.17, 15) is 13.2 Å². The second-order valence-electron chi connectivity index (χ2n) is 4.36. The number of sulfonamides is 1. The summed E-state index contributed by atoms with van der Waals surface area (Å²) >= 11 is 0. The van der Waals surface area contributed by atoms with Gasteiger partial charge in [0.2, 0.25) is 10.0 Å². The Kier molecular flexibility index (Phi) is 6.12. The lowest BCUT2D eigenvalue weighted by Crippen LogP contribution is -2.37. The number of rotatable bonds is 7. The van der Waals surface area contributed by atoms with Crippen LogP contribution in [0.4, 0.5) is 0 Å². The van der Waals surface area contributed by atoms with Gasteiger partial charge in [0, 0.05) is 6.04 Å². The van der Waals surface area contributed by atoms with Gasteiger partial charge in [-0.1, -0.05) is 19.1 Å². The summed E-state index contributed by atoms with van der Waals surface area (Å²) < 4.78 is 30.9. The Bertz CT molecular complexity index is 552. The lowest BCUT2D eigenvalue weighted by Gasteiger charge is -2.14. The number of carbonyl (C=O) groups is 1. The van der Waals surface area contributed by atoms with E-state index in [4.69, 9.17) is 5.11 Å². The van der Waals surface area contributed by atoms with Gasteiger partial charge in [-0.3, -0.25) is 0 Å². The zero-order chi connectivity index (χ0) is 15.2. The number of esters is 1. The minimum absolute atomic E-state index is 0.252. The van der Waals surface area contributed by atoms with Crippen LogP contribution in [-0.4, -0.2) is 39.3 Å². The van der Waals surface area contributed by atoms with Crippen LogP contribution in [0.1, 0.15) is 29.3 Å². The molecule has 0 bridgehead atoms. The molecule has 0 aliphatic carbocycles. The monoisotopic (exact) mass is 301 g/mol. The lowest BCUT2D eigenvalue weighted by atomic mass is 10.1. The maximum Gasteiger partial charge on any atom is 0.337 e. The zero-order valence-corrected chi connectivity index (χ0v) is 12.3. The Morgan fingerprint density at radius 2 is 2.15 bits per heavy atom. The van der Waals surface area contributed by atoms with Crippen LogP contribution in [0.15, 0.2) is 24.3 Å². The highest BCUT2D eigenvalue weighted by atomic mass is 32.2. The number of ether oxygens (including phenoxy) is 1. The van der Waals surface area contributed by atoms with E-state index in [-0.39, 0.29) is 12.4 Å². The zero-order valence-electron chi connectivity index (χ0n) is 11.5. The number of aliphatic hydroxyl groups excluding tert-OH is 1. The van der Waals surface area contributed by atoms with Crippen molar-refractivity contribution < 1.29 is 23.1 Å². The third kappa shape index (κ3) is 4.92. The first-order valence-electron chi connectivity index (χ1n) is 6.20. The maximum atomic E-state index is 11.9. The molecular weight excluding hydrogens is 282 g/mol. The Morgan fingerprint density at radius 3 is 2.70 bits per heavy atom. The molecule has 1 aromatic rings. The van der Waals surface area contributed by atoms with Gasteiger partial charge in [0.25, 0.3) is 0 Å². The van der Waals surface area contributed by atoms with Crippen LogP contribution in [0.25, 0.3) is 0 Å². The van der Waals surface area contributed by atoms with Crippen molar-refractivity contribution >= 4 is 16.0 Å². The number of methoxy groups -OCH3 is 1. The molecule has 112 valence electrons. The maximum absolute atomic E-state index is 11.9. The summed E-state index contributed by atoms with van der Waals surface area (Å²) in [5, 5.41) is 9.02. The highest BCUT2D eigenvalue weighted by molar-refractivity contribution is 7.88. The summed E-state index contributed by atoms with van der Waals surface area (Å²) in [6, 6.07) is 5.75. The fourth-order valence-electron chi connectivity index (χ4n) is 1.67. The van der Waals surface area contributed by atoms with Gasteiger partial charge in [-0.2, -0.15) is 0 Å². The first-order chi connectivity index (χ1) is 9.41. The SMILES string of the molecule is CCC(CO)NS(=O)(=O)Cc1cccc(C(=O)OC)c1. The van der Waals surface area contributed by atoms with Crippen LogP contribution in [0.3, 0.4) is 0 Å². The van der Waals surface area contributed by atoms with Crippen molar-refractivity contribution in [1.82, 2.24) is 4.72 Å². The second kappa shape index (κ2) is 7.37. The van der Waals surface area contributed by atoms with Crippen LogP contribution >= 0.6 is 0 Å². The van der Waals surface area contributed by atoms with E-state index in [2.05, 4.69) is 9.46 Å². The molecule has 0 aliphatic heterocycles. The van der Waals surface area contributed by atoms with E-state index >= 15 is 0 Å². The number of hydrogen-bond donors (Lipinski definition) is 2. The van der Waals surface area contributed by atoms with Gasteiger partial charge in [0.1, 0.15) is 0 Å². The van der Waals surface area contributed by atoms with Gasteiger partial charge in [0.05, 0.1) is 25.0 Å². The molecule has 1 atom stereocenters. The summed E-state index contributed by atoms with van der Waals surface area (Å²) in [4.78, 5) is 11.4. The van der Waals surface area contributed by atoms with Crippen LogP contribution in [-0.2, 0) is 20.5 Å². The molecule has 0 aromatic heterocycles. The predicted octanol–water partition coefficient (Wildman–Crippen LogP) is 0.663. The molecule has 0 saturated carbocycles. The van der Waals surface area contributed by atoms with Crippen molar-refractivity contribution in [2.24, 2.45) is 0 Å². The number of nitrogens with one attached hydrogen (secondary N) is 1. The molecule has 7 heteroatoms. The summed E-state index contributed by atoms with van der Waals surface area (Å²) in [6.07, 6.45) is 0.498. The van der Waals surface area contributed by atoms with Gasteiger partial charge in [0.15, 0.2) is 0 Å². The topological polar surface area (TPSA) is 92.7 Å². The second-order valence-corrected chi connectivity index (χ2v) is 6.11. The molecule has 0 amide bonds. The minimum atomic E-state index is -3.57. The fraction of sp³-hybridized carbons (Fsp3) is 0.462. The van der Waals surface area contributed by atoms with Gasteiger partial charge in [-0.25, -0.2) is 17.9 Å². The Morgan fingerprint density at radius 1 is 1.45 bits per heavy atom. The third-order valence-electron chi connectivity index (χ3n) is 2.76. The van der Waals surface area contributed by atoms with Gasteiger partial charge in [-0.05, 0) is 24.1 Å². The number of aliphatic hydroxyl groups is 1. The van der Waals surface area contributed by atoms with Crippen LogP contribution in [0.2, 0.25) is 0 Å². The van der Waals surface area contributed by atoms with Crippen LogP contribution < -0.4 is 4.72 Å². The van der Waals surface area contributed by atoms with Crippen molar-refractivity contribution in [2.45, 2.75) is 25.1 Å². The van der Waals surface area contributed by atoms with Crippen LogP contribution in [0, 0.1) is 0 Å². The van der Waals surface area contributed by atoms with Gasteiger partial charge in [-0.15, -0.1) is 0 Å². The van der Waals surface area contributed by atoms with Crippen molar-refractivity contribution in [3.8, 4) is 0 Å². The Labute approximate surface area is 118 Å². The van der Waals surface area contributed by atoms with E-state index in [1.54, 1.807) is 25.1 Å². The average molecular weight is 301 g/mol. The molecule has 2 N–H and O–H groups in total. The van der Waals surface area contributed by atoms with Crippen molar-refractivity contribution in [3.05, 3.63) is 35.4 Å². The molecule has 20 heavy (non-hydrogen) atoms. The van der Waals surface area contributed by atoms with E-state index in [0.717, 1.165) is 0 Å². The first kappa shape index (κ1) is 16.6. The number of hydrogen-bond acceptors (Lipinski definition) is 5. The highest BCUT2D eigenvalue weighted by Gasteiger charge is 2.17. The average Bonchev–Trinajstić information content (AvgIpc) is 2.43. The molecule has 1 rings (SSSR count). The molecule has 0 fully saturated rings. The van der Waals surface area contributed by atoms with Gasteiger partial charge < -0.3 is 9.84 Å². The highest BCUT2D eigenvalue weighted by Crippen LogP contribution is 2.10. The summed E-state index contributed by atoms with van der Waals surface area (Å²) in [6.45, 7) is 1.53. The standard InChI is InChI=1S/C13H19NO5S/c1-3-12(8-15)14-20(17,18)9-10-5-4-6-11(7-10)13(16)19-2/h4-7,12,14-15H,3,8-9H2,1-2H3. The fourth-order valence-corrected chi connectivity index (χ4v) is 3.12. The first-order valence-corrected chi connectivity index (χ1v) is 7.85. The molecule has 1 aromatic carbocycles. The van der Waals surface area contributed by atoms with Crippen molar-refractivity contribution in [2.75, 3.05) is 13.7 Å². The summed E-state index contributed by atoms with van der Waals surface area (Å²) in [7, 11) is -2.31. The minimum Gasteiger partial charge on any atom is -0.465 e. The van der Waals surface area contributed by atoms with Crippen molar-refractivity contribution in [3.63, 3.8) is 0 Å². The van der Waals surface area contributed by atoms with Gasteiger partial charge >= 0.3 is 5.97 Å². The number of benzene rings is 1. The quantitative estimate of drug-likeness (QED) is 0.722. The predicted molar refractivity (Wildman–Crippen MR) is 74.7 cm³/mol. The molecule has 0 heterocycles. The van der Waals surface area contributed by atoms with E-state index in [1.807, 2.05) is 0 Å². The van der Waals surface area contributed by atoms with E-state index < -0.39 is 22.0 Å². The normalized spacial score (nSPS) is 12.9. The van der Waals surface area contributed by atoms with Crippen LogP contribution in [0.5, 0.6) is 0 Å². The molecular formula is C13H19NO5S. The molecule has 0 aliphatic rings. The number of carbonyl (C=O) groups excluding carboxylic acids is 1. The molecule has 1 unspecified atom stereocenters. The van der Waals surface area contributed by atoms with E-state index in [0.29, 0.717) is 17.5 Å². The third-order valence-corrected chi connectivity index (χ3v) is 4.17. The molecule has 6 nitrogen and oxygen atoms in total.